The van der Waals surface area contributed by atoms with Crippen molar-refractivity contribution in [2.75, 3.05) is 0 Å². The molecular weight excluding hydrogens is 336 g/mol. The fourth-order valence-electron chi connectivity index (χ4n) is 3.02. The van der Waals surface area contributed by atoms with Crippen LogP contribution in [-0.4, -0.2) is 4.98 Å². The van der Waals surface area contributed by atoms with Crippen LogP contribution < -0.4 is 0 Å². The lowest BCUT2D eigenvalue weighted by Crippen LogP contribution is -1.87. The van der Waals surface area contributed by atoms with E-state index in [1.54, 1.807) is 11.8 Å². The number of hydrogen-bond acceptors (Lipinski definition) is 3. The number of aromatic nitrogens is 1. The van der Waals surface area contributed by atoms with Gasteiger partial charge in [0.25, 0.3) is 0 Å². The van der Waals surface area contributed by atoms with E-state index in [-0.39, 0.29) is 0 Å². The smallest absolute Gasteiger partial charge is 0.0998 e. The van der Waals surface area contributed by atoms with Crippen LogP contribution in [0.3, 0.4) is 0 Å². The van der Waals surface area contributed by atoms with Crippen molar-refractivity contribution in [3.8, 4) is 17.2 Å². The fraction of sp³-hybridized carbons (Fsp3) is 0.0435. The van der Waals surface area contributed by atoms with Crippen LogP contribution in [0.15, 0.2) is 88.7 Å². The molecule has 0 aliphatic heterocycles. The van der Waals surface area contributed by atoms with E-state index < -0.39 is 0 Å². The van der Waals surface area contributed by atoms with Gasteiger partial charge in [-0.25, -0.2) is 0 Å². The number of rotatable bonds is 3. The number of pyridine rings is 1. The molecule has 3 aromatic carbocycles. The first-order chi connectivity index (χ1) is 12.7. The van der Waals surface area contributed by atoms with E-state index in [4.69, 9.17) is 0 Å². The molecular formula is C23H16N2S. The van der Waals surface area contributed by atoms with Crippen molar-refractivity contribution in [2.45, 2.75) is 16.7 Å². The summed E-state index contributed by atoms with van der Waals surface area (Å²) >= 11 is 1.74. The van der Waals surface area contributed by atoms with Crippen molar-refractivity contribution in [2.24, 2.45) is 0 Å². The van der Waals surface area contributed by atoms with Gasteiger partial charge in [0.05, 0.1) is 17.1 Å². The van der Waals surface area contributed by atoms with Crippen LogP contribution in [-0.2, 0) is 0 Å². The first-order valence-electron chi connectivity index (χ1n) is 8.38. The number of benzene rings is 3. The number of hydrogen-bond donors (Lipinski definition) is 0. The van der Waals surface area contributed by atoms with E-state index >= 15 is 0 Å². The molecule has 26 heavy (non-hydrogen) atoms. The van der Waals surface area contributed by atoms with E-state index in [0.717, 1.165) is 22.3 Å². The van der Waals surface area contributed by atoms with E-state index in [0.29, 0.717) is 5.56 Å². The highest BCUT2D eigenvalue weighted by molar-refractivity contribution is 7.99. The summed E-state index contributed by atoms with van der Waals surface area (Å²) in [7, 11) is 0. The summed E-state index contributed by atoms with van der Waals surface area (Å²) in [6.45, 7) is 2.03. The predicted octanol–water partition coefficient (Wildman–Crippen LogP) is 6.23. The van der Waals surface area contributed by atoms with E-state index in [1.165, 1.54) is 15.2 Å². The topological polar surface area (TPSA) is 36.7 Å². The Morgan fingerprint density at radius 3 is 2.42 bits per heavy atom. The van der Waals surface area contributed by atoms with Gasteiger partial charge in [0.15, 0.2) is 0 Å². The molecule has 0 aliphatic rings. The molecule has 0 unspecified atom stereocenters. The van der Waals surface area contributed by atoms with Crippen LogP contribution in [0.25, 0.3) is 22.0 Å². The molecule has 0 saturated heterocycles. The van der Waals surface area contributed by atoms with Crippen molar-refractivity contribution in [1.29, 1.82) is 5.26 Å². The number of fused-ring (bicyclic) bond motifs is 1. The van der Waals surface area contributed by atoms with Crippen LogP contribution in [0.5, 0.6) is 0 Å². The van der Waals surface area contributed by atoms with Crippen molar-refractivity contribution < 1.29 is 0 Å². The molecule has 0 aliphatic carbocycles. The lowest BCUT2D eigenvalue weighted by Gasteiger charge is -2.09. The minimum atomic E-state index is 0.698. The first kappa shape index (κ1) is 16.4. The molecule has 3 heteroatoms. The quantitative estimate of drug-likeness (QED) is 0.438. The molecule has 4 aromatic rings. The van der Waals surface area contributed by atoms with Gasteiger partial charge in [0.1, 0.15) is 0 Å². The highest BCUT2D eigenvalue weighted by Crippen LogP contribution is 2.34. The molecule has 0 N–H and O–H groups in total. The second-order valence-corrected chi connectivity index (χ2v) is 7.18. The lowest BCUT2D eigenvalue weighted by atomic mass is 10.0. The maximum atomic E-state index is 9.30. The Bertz CT molecular complexity index is 1120. The lowest BCUT2D eigenvalue weighted by molar-refractivity contribution is 1.22. The van der Waals surface area contributed by atoms with Gasteiger partial charge in [0.2, 0.25) is 0 Å². The van der Waals surface area contributed by atoms with Gasteiger partial charge < -0.3 is 0 Å². The average molecular weight is 352 g/mol. The first-order valence-corrected chi connectivity index (χ1v) is 9.20. The molecule has 2 nitrogen and oxygen atoms in total. The van der Waals surface area contributed by atoms with Gasteiger partial charge in [0, 0.05) is 20.9 Å². The Morgan fingerprint density at radius 1 is 0.885 bits per heavy atom. The van der Waals surface area contributed by atoms with Crippen LogP contribution in [0.2, 0.25) is 0 Å². The van der Waals surface area contributed by atoms with Crippen molar-refractivity contribution in [3.63, 3.8) is 0 Å². The van der Waals surface area contributed by atoms with Crippen LogP contribution in [0.1, 0.15) is 11.3 Å². The predicted molar refractivity (Wildman–Crippen MR) is 107 cm³/mol. The molecule has 0 spiro atoms. The average Bonchev–Trinajstić information content (AvgIpc) is 2.68. The Hall–Kier alpha value is -3.09. The van der Waals surface area contributed by atoms with E-state index in [2.05, 4.69) is 47.5 Å². The third kappa shape index (κ3) is 3.20. The molecule has 0 amide bonds. The molecule has 124 valence electrons. The van der Waals surface area contributed by atoms with Gasteiger partial charge in [-0.2, -0.15) is 5.26 Å². The zero-order valence-corrected chi connectivity index (χ0v) is 15.1. The molecule has 0 fully saturated rings. The van der Waals surface area contributed by atoms with Gasteiger partial charge in [-0.05, 0) is 48.4 Å². The number of nitriles is 1. The summed E-state index contributed by atoms with van der Waals surface area (Å²) in [5.41, 5.74) is 4.77. The minimum Gasteiger partial charge on any atom is -0.253 e. The summed E-state index contributed by atoms with van der Waals surface area (Å²) in [4.78, 5) is 6.98. The fourth-order valence-corrected chi connectivity index (χ4v) is 4.05. The zero-order chi connectivity index (χ0) is 17.9. The number of nitrogens with zero attached hydrogens (tertiary/aromatic N) is 2. The summed E-state index contributed by atoms with van der Waals surface area (Å²) in [5.74, 6) is 0. The SMILES string of the molecule is Cc1cc(Sc2ccc(-c3ccccc3C#N)cc2)c2ccccc2n1. The van der Waals surface area contributed by atoms with Crippen molar-refractivity contribution in [1.82, 2.24) is 4.98 Å². The molecule has 1 aromatic heterocycles. The number of para-hydroxylation sites is 1. The highest BCUT2D eigenvalue weighted by Gasteiger charge is 2.07. The summed E-state index contributed by atoms with van der Waals surface area (Å²) < 4.78 is 0. The van der Waals surface area contributed by atoms with Gasteiger partial charge >= 0.3 is 0 Å². The second-order valence-electron chi connectivity index (χ2n) is 6.06. The van der Waals surface area contributed by atoms with Gasteiger partial charge in [-0.3, -0.25) is 4.98 Å². The number of aryl methyl sites for hydroxylation is 1. The normalized spacial score (nSPS) is 10.6. The monoisotopic (exact) mass is 352 g/mol. The second kappa shape index (κ2) is 7.03. The van der Waals surface area contributed by atoms with Crippen molar-refractivity contribution in [3.05, 3.63) is 90.1 Å². The third-order valence-corrected chi connectivity index (χ3v) is 5.31. The van der Waals surface area contributed by atoms with E-state index in [9.17, 15) is 5.26 Å². The Kier molecular flexibility index (Phi) is 4.43. The summed E-state index contributed by atoms with van der Waals surface area (Å²) in [5, 5.41) is 10.5. The molecule has 0 atom stereocenters. The van der Waals surface area contributed by atoms with Crippen LogP contribution >= 0.6 is 11.8 Å². The Morgan fingerprint density at radius 2 is 1.62 bits per heavy atom. The molecule has 0 bridgehead atoms. The molecule has 0 radical (unpaired) electrons. The maximum absolute atomic E-state index is 9.30. The Balaban J connectivity index is 1.68. The summed E-state index contributed by atoms with van der Waals surface area (Å²) in [6.07, 6.45) is 0. The van der Waals surface area contributed by atoms with Gasteiger partial charge in [-0.15, -0.1) is 0 Å². The zero-order valence-electron chi connectivity index (χ0n) is 14.3. The minimum absolute atomic E-state index is 0.698. The Labute approximate surface area is 157 Å². The third-order valence-electron chi connectivity index (χ3n) is 4.25. The molecule has 4 rings (SSSR count). The standard InChI is InChI=1S/C23H16N2S/c1-16-14-23(21-8-4-5-9-22(21)25-16)26-19-12-10-17(11-13-19)20-7-3-2-6-18(20)15-24/h2-14H,1H3. The largest absolute Gasteiger partial charge is 0.253 e. The van der Waals surface area contributed by atoms with E-state index in [1.807, 2.05) is 49.4 Å². The summed E-state index contributed by atoms with van der Waals surface area (Å²) in [6, 6.07) is 28.7. The van der Waals surface area contributed by atoms with Crippen LogP contribution in [0, 0.1) is 18.3 Å². The maximum Gasteiger partial charge on any atom is 0.0998 e. The van der Waals surface area contributed by atoms with Crippen LogP contribution in [0.4, 0.5) is 0 Å². The van der Waals surface area contributed by atoms with Gasteiger partial charge in [-0.1, -0.05) is 60.3 Å². The molecule has 0 saturated carbocycles. The van der Waals surface area contributed by atoms with Crippen molar-refractivity contribution >= 4 is 22.7 Å². The molecule has 1 heterocycles. The highest BCUT2D eigenvalue weighted by atomic mass is 32.2.